The second-order valence-corrected chi connectivity index (χ2v) is 6.21. The molecule has 0 spiro atoms. The molecular formula is C21H16N8. The first-order chi connectivity index (χ1) is 14.4. The molecule has 140 valence electrons. The lowest BCUT2D eigenvalue weighted by atomic mass is 10.3. The quantitative estimate of drug-likeness (QED) is 0.474. The van der Waals surface area contributed by atoms with Gasteiger partial charge in [0.05, 0.1) is 0 Å². The predicted octanol–water partition coefficient (Wildman–Crippen LogP) is 4.09. The Morgan fingerprint density at radius 1 is 0.655 bits per heavy atom. The highest BCUT2D eigenvalue weighted by Gasteiger charge is 2.15. The first kappa shape index (κ1) is 16.8. The molecule has 2 N–H and O–H groups in total. The Morgan fingerprint density at radius 2 is 1.38 bits per heavy atom. The van der Waals surface area contributed by atoms with Crippen molar-refractivity contribution in [1.82, 2.24) is 29.5 Å². The summed E-state index contributed by atoms with van der Waals surface area (Å²) >= 11 is 0. The van der Waals surface area contributed by atoms with Crippen LogP contribution in [-0.4, -0.2) is 29.5 Å². The van der Waals surface area contributed by atoms with E-state index in [1.807, 2.05) is 65.2 Å². The van der Waals surface area contributed by atoms with Gasteiger partial charge in [-0.3, -0.25) is 9.88 Å². The van der Waals surface area contributed by atoms with Gasteiger partial charge in [-0.15, -0.1) is 0 Å². The first-order valence-corrected chi connectivity index (χ1v) is 9.03. The second kappa shape index (κ2) is 7.35. The maximum absolute atomic E-state index is 4.67. The molecule has 5 rings (SSSR count). The Morgan fingerprint density at radius 3 is 2.14 bits per heavy atom. The zero-order valence-corrected chi connectivity index (χ0v) is 15.3. The number of imidazole rings is 1. The minimum Gasteiger partial charge on any atom is -0.338 e. The second-order valence-electron chi connectivity index (χ2n) is 6.21. The highest BCUT2D eigenvalue weighted by atomic mass is 15.2. The SMILES string of the molecule is c1ccc(Nc2nc(Nc3ncccn3)nc3c2ncn3-c2ccccc2)cc1. The van der Waals surface area contributed by atoms with Crippen LogP contribution in [-0.2, 0) is 0 Å². The lowest BCUT2D eigenvalue weighted by Crippen LogP contribution is -2.05. The summed E-state index contributed by atoms with van der Waals surface area (Å²) in [6.07, 6.45) is 5.06. The van der Waals surface area contributed by atoms with E-state index < -0.39 is 0 Å². The number of hydrogen-bond donors (Lipinski definition) is 2. The normalized spacial score (nSPS) is 10.8. The van der Waals surface area contributed by atoms with Gasteiger partial charge < -0.3 is 5.32 Å². The van der Waals surface area contributed by atoms with Gasteiger partial charge in [0.1, 0.15) is 6.33 Å². The van der Waals surface area contributed by atoms with Gasteiger partial charge in [-0.05, 0) is 30.3 Å². The van der Waals surface area contributed by atoms with Crippen LogP contribution in [0.2, 0.25) is 0 Å². The Kier molecular flexibility index (Phi) is 4.26. The van der Waals surface area contributed by atoms with E-state index in [9.17, 15) is 0 Å². The molecule has 3 aromatic heterocycles. The van der Waals surface area contributed by atoms with E-state index in [4.69, 9.17) is 0 Å². The summed E-state index contributed by atoms with van der Waals surface area (Å²) in [6.45, 7) is 0. The number of nitrogens with zero attached hydrogens (tertiary/aromatic N) is 6. The highest BCUT2D eigenvalue weighted by molar-refractivity contribution is 5.87. The number of benzene rings is 2. The average Bonchev–Trinajstić information content (AvgIpc) is 3.20. The van der Waals surface area contributed by atoms with Crippen LogP contribution < -0.4 is 10.6 Å². The minimum absolute atomic E-state index is 0.375. The standard InChI is InChI=1S/C21H16N8/c1-3-8-15(9-4-1)25-18-17-19(29(14-24-17)16-10-5-2-6-11-16)27-21(26-18)28-20-22-12-7-13-23-20/h1-14H,(H2,22,23,25,26,27,28). The van der Waals surface area contributed by atoms with Crippen molar-refractivity contribution < 1.29 is 0 Å². The lowest BCUT2D eigenvalue weighted by molar-refractivity contribution is 1.05. The van der Waals surface area contributed by atoms with Gasteiger partial charge in [0.15, 0.2) is 17.0 Å². The van der Waals surface area contributed by atoms with Crippen molar-refractivity contribution in [3.63, 3.8) is 0 Å². The lowest BCUT2D eigenvalue weighted by Gasteiger charge is -2.10. The van der Waals surface area contributed by atoms with E-state index >= 15 is 0 Å². The Balaban J connectivity index is 1.64. The van der Waals surface area contributed by atoms with E-state index in [0.717, 1.165) is 11.4 Å². The van der Waals surface area contributed by atoms with Gasteiger partial charge in [0.2, 0.25) is 11.9 Å². The topological polar surface area (TPSA) is 93.4 Å². The molecule has 0 aliphatic heterocycles. The number of nitrogens with one attached hydrogen (secondary N) is 2. The van der Waals surface area contributed by atoms with E-state index in [-0.39, 0.29) is 0 Å². The van der Waals surface area contributed by atoms with Gasteiger partial charge in [0.25, 0.3) is 0 Å². The summed E-state index contributed by atoms with van der Waals surface area (Å²) in [5.74, 6) is 1.39. The molecule has 8 heteroatoms. The van der Waals surface area contributed by atoms with Crippen molar-refractivity contribution >= 4 is 34.6 Å². The third kappa shape index (κ3) is 3.46. The molecule has 29 heavy (non-hydrogen) atoms. The molecule has 0 fully saturated rings. The zero-order chi connectivity index (χ0) is 19.5. The van der Waals surface area contributed by atoms with E-state index in [2.05, 4.69) is 35.6 Å². The Bertz CT molecular complexity index is 1240. The third-order valence-corrected chi connectivity index (χ3v) is 4.26. The van der Waals surface area contributed by atoms with Crippen molar-refractivity contribution in [1.29, 1.82) is 0 Å². The zero-order valence-electron chi connectivity index (χ0n) is 15.3. The van der Waals surface area contributed by atoms with Crippen molar-refractivity contribution in [3.05, 3.63) is 85.5 Å². The van der Waals surface area contributed by atoms with Gasteiger partial charge in [0, 0.05) is 23.8 Å². The van der Waals surface area contributed by atoms with Crippen LogP contribution in [0.4, 0.5) is 23.4 Å². The fourth-order valence-electron chi connectivity index (χ4n) is 2.94. The maximum atomic E-state index is 4.67. The third-order valence-electron chi connectivity index (χ3n) is 4.26. The summed E-state index contributed by atoms with van der Waals surface area (Å²) in [5.41, 5.74) is 3.20. The summed E-state index contributed by atoms with van der Waals surface area (Å²) in [7, 11) is 0. The summed E-state index contributed by atoms with van der Waals surface area (Å²) in [4.78, 5) is 22.2. The van der Waals surface area contributed by atoms with Gasteiger partial charge in [-0.25, -0.2) is 15.0 Å². The van der Waals surface area contributed by atoms with Crippen LogP contribution in [0.5, 0.6) is 0 Å². The molecule has 0 bridgehead atoms. The van der Waals surface area contributed by atoms with Gasteiger partial charge in [-0.2, -0.15) is 9.97 Å². The molecule has 5 aromatic rings. The number of para-hydroxylation sites is 2. The smallest absolute Gasteiger partial charge is 0.233 e. The number of anilines is 4. The Labute approximate surface area is 166 Å². The highest BCUT2D eigenvalue weighted by Crippen LogP contribution is 2.26. The van der Waals surface area contributed by atoms with Crippen molar-refractivity contribution in [2.75, 3.05) is 10.6 Å². The van der Waals surface area contributed by atoms with Crippen LogP contribution in [0.1, 0.15) is 0 Å². The van der Waals surface area contributed by atoms with E-state index in [1.54, 1.807) is 24.8 Å². The first-order valence-electron chi connectivity index (χ1n) is 9.03. The number of rotatable bonds is 5. The molecule has 0 aliphatic rings. The largest absolute Gasteiger partial charge is 0.338 e. The monoisotopic (exact) mass is 380 g/mol. The molecule has 8 nitrogen and oxygen atoms in total. The van der Waals surface area contributed by atoms with Crippen LogP contribution in [0, 0.1) is 0 Å². The molecule has 0 amide bonds. The Hall–Kier alpha value is -4.33. The summed E-state index contributed by atoms with van der Waals surface area (Å²) in [6, 6.07) is 21.5. The van der Waals surface area contributed by atoms with E-state index in [1.165, 1.54) is 0 Å². The molecule has 0 saturated carbocycles. The number of aromatic nitrogens is 6. The molecule has 0 atom stereocenters. The van der Waals surface area contributed by atoms with Crippen LogP contribution in [0.3, 0.4) is 0 Å². The molecule has 0 saturated heterocycles. The van der Waals surface area contributed by atoms with Crippen LogP contribution in [0.25, 0.3) is 16.9 Å². The summed E-state index contributed by atoms with van der Waals surface area (Å²) < 4.78 is 1.92. The number of fused-ring (bicyclic) bond motifs is 1. The van der Waals surface area contributed by atoms with Gasteiger partial charge >= 0.3 is 0 Å². The average molecular weight is 380 g/mol. The van der Waals surface area contributed by atoms with Gasteiger partial charge in [-0.1, -0.05) is 36.4 Å². The van der Waals surface area contributed by atoms with Crippen LogP contribution in [0.15, 0.2) is 85.5 Å². The van der Waals surface area contributed by atoms with Crippen LogP contribution >= 0.6 is 0 Å². The number of hydrogen-bond acceptors (Lipinski definition) is 7. The fraction of sp³-hybridized carbons (Fsp3) is 0. The maximum Gasteiger partial charge on any atom is 0.233 e. The molecule has 0 radical (unpaired) electrons. The molecule has 0 unspecified atom stereocenters. The van der Waals surface area contributed by atoms with Crippen molar-refractivity contribution in [2.24, 2.45) is 0 Å². The molecule has 3 heterocycles. The molecule has 2 aromatic carbocycles. The molecular weight excluding hydrogens is 364 g/mol. The van der Waals surface area contributed by atoms with Crippen molar-refractivity contribution in [2.45, 2.75) is 0 Å². The molecule has 0 aliphatic carbocycles. The van der Waals surface area contributed by atoms with Crippen molar-refractivity contribution in [3.8, 4) is 5.69 Å². The predicted molar refractivity (Wildman–Crippen MR) is 112 cm³/mol. The van der Waals surface area contributed by atoms with E-state index in [0.29, 0.717) is 28.9 Å². The minimum atomic E-state index is 0.375. The summed E-state index contributed by atoms with van der Waals surface area (Å²) in [5, 5.41) is 6.40. The fourth-order valence-corrected chi connectivity index (χ4v) is 2.94.